The highest BCUT2D eigenvalue weighted by Gasteiger charge is 2.30. The van der Waals surface area contributed by atoms with Gasteiger partial charge >= 0.3 is 6.03 Å². The van der Waals surface area contributed by atoms with Crippen LogP contribution in [-0.2, 0) is 0 Å². The summed E-state index contributed by atoms with van der Waals surface area (Å²) in [6.07, 6.45) is 1.91. The van der Waals surface area contributed by atoms with Crippen molar-refractivity contribution in [2.75, 3.05) is 33.2 Å². The maximum absolute atomic E-state index is 12.9. The normalized spacial score (nSPS) is 16.3. The fourth-order valence-corrected chi connectivity index (χ4v) is 3.28. The largest absolute Gasteiger partial charge is 0.497 e. The molecular weight excluding hydrogens is 332 g/mol. The van der Waals surface area contributed by atoms with Crippen LogP contribution in [0.3, 0.4) is 0 Å². The summed E-state index contributed by atoms with van der Waals surface area (Å²) in [4.78, 5) is 14.7. The molecule has 1 aliphatic heterocycles. The Kier molecular flexibility index (Phi) is 5.51. The number of urea groups is 1. The highest BCUT2D eigenvalue weighted by molar-refractivity contribution is 5.91. The molecule has 1 fully saturated rings. The number of nitrogens with zero attached hydrogens (tertiary/aromatic N) is 1. The average molecular weight is 356 g/mol. The van der Waals surface area contributed by atoms with Gasteiger partial charge in [0, 0.05) is 12.6 Å². The zero-order valence-corrected chi connectivity index (χ0v) is 15.3. The van der Waals surface area contributed by atoms with Crippen LogP contribution in [0.5, 0.6) is 17.2 Å². The molecule has 2 amide bonds. The van der Waals surface area contributed by atoms with Gasteiger partial charge in [-0.3, -0.25) is 0 Å². The number of nitrogens with one attached hydrogen (secondary N) is 1. The van der Waals surface area contributed by atoms with Gasteiger partial charge in [0.2, 0.25) is 0 Å². The Morgan fingerprint density at radius 2 is 1.69 bits per heavy atom. The van der Waals surface area contributed by atoms with Crippen molar-refractivity contribution in [1.82, 2.24) is 4.90 Å². The third kappa shape index (κ3) is 3.69. The molecule has 0 unspecified atom stereocenters. The van der Waals surface area contributed by atoms with Gasteiger partial charge in [-0.15, -0.1) is 0 Å². The number of rotatable bonds is 5. The monoisotopic (exact) mass is 356 g/mol. The van der Waals surface area contributed by atoms with Crippen LogP contribution in [0.1, 0.15) is 24.4 Å². The zero-order valence-electron chi connectivity index (χ0n) is 15.3. The van der Waals surface area contributed by atoms with Crippen LogP contribution in [0.25, 0.3) is 0 Å². The molecule has 3 rings (SSSR count). The van der Waals surface area contributed by atoms with E-state index >= 15 is 0 Å². The van der Waals surface area contributed by atoms with Gasteiger partial charge in [0.05, 0.1) is 33.1 Å². The first-order chi connectivity index (χ1) is 12.7. The first-order valence-electron chi connectivity index (χ1n) is 8.60. The number of anilines is 1. The summed E-state index contributed by atoms with van der Waals surface area (Å²) >= 11 is 0. The van der Waals surface area contributed by atoms with Crippen LogP contribution in [0.15, 0.2) is 42.5 Å². The van der Waals surface area contributed by atoms with Gasteiger partial charge in [-0.25, -0.2) is 4.79 Å². The Balaban J connectivity index is 1.78. The summed E-state index contributed by atoms with van der Waals surface area (Å²) in [5.41, 5.74) is 1.70. The van der Waals surface area contributed by atoms with E-state index in [0.717, 1.165) is 30.7 Å². The summed E-state index contributed by atoms with van der Waals surface area (Å²) in [5, 5.41) is 2.96. The second-order valence-corrected chi connectivity index (χ2v) is 6.12. The maximum atomic E-state index is 12.9. The number of amides is 2. The lowest BCUT2D eigenvalue weighted by Crippen LogP contribution is -2.34. The minimum atomic E-state index is -0.144. The molecule has 1 N–H and O–H groups in total. The summed E-state index contributed by atoms with van der Waals surface area (Å²) in [6, 6.07) is 13.1. The van der Waals surface area contributed by atoms with Crippen molar-refractivity contribution in [3.05, 3.63) is 48.0 Å². The summed E-state index contributed by atoms with van der Waals surface area (Å²) in [7, 11) is 4.81. The zero-order chi connectivity index (χ0) is 18.5. The number of hydrogen-bond acceptors (Lipinski definition) is 4. The van der Waals surface area contributed by atoms with Crippen LogP contribution in [-0.4, -0.2) is 38.8 Å². The summed E-state index contributed by atoms with van der Waals surface area (Å²) < 4.78 is 15.8. The van der Waals surface area contributed by atoms with Crippen molar-refractivity contribution in [2.24, 2.45) is 0 Å². The Bertz CT molecular complexity index is 761. The Morgan fingerprint density at radius 1 is 1.00 bits per heavy atom. The maximum Gasteiger partial charge on any atom is 0.322 e. The molecule has 1 saturated heterocycles. The van der Waals surface area contributed by atoms with Crippen molar-refractivity contribution in [3.8, 4) is 17.2 Å². The standard InChI is InChI=1S/C20H24N2O4/c1-24-15-8-6-14(7-9-15)18-5-4-12-22(18)20(23)21-17-13-16(25-2)10-11-19(17)26-3/h6-11,13,18H,4-5,12H2,1-3H3,(H,21,23)/t18-/m1/s1. The van der Waals surface area contributed by atoms with E-state index in [1.54, 1.807) is 39.5 Å². The van der Waals surface area contributed by atoms with Gasteiger partial charge in [-0.05, 0) is 42.7 Å². The number of methoxy groups -OCH3 is 3. The first kappa shape index (κ1) is 17.9. The van der Waals surface area contributed by atoms with Crippen molar-refractivity contribution in [2.45, 2.75) is 18.9 Å². The van der Waals surface area contributed by atoms with Crippen molar-refractivity contribution in [1.29, 1.82) is 0 Å². The molecule has 0 bridgehead atoms. The van der Waals surface area contributed by atoms with Crippen LogP contribution in [0.4, 0.5) is 10.5 Å². The SMILES string of the molecule is COc1ccc([C@H]2CCCN2C(=O)Nc2cc(OC)ccc2OC)cc1. The molecule has 6 heteroatoms. The molecule has 1 aliphatic rings. The highest BCUT2D eigenvalue weighted by Crippen LogP contribution is 2.35. The predicted octanol–water partition coefficient (Wildman–Crippen LogP) is 4.08. The lowest BCUT2D eigenvalue weighted by molar-refractivity contribution is 0.207. The van der Waals surface area contributed by atoms with E-state index in [9.17, 15) is 4.79 Å². The van der Waals surface area contributed by atoms with Crippen LogP contribution in [0, 0.1) is 0 Å². The number of carbonyl (C=O) groups is 1. The fraction of sp³-hybridized carbons (Fsp3) is 0.350. The van der Waals surface area contributed by atoms with Crippen molar-refractivity contribution >= 4 is 11.7 Å². The molecule has 1 heterocycles. The molecule has 2 aromatic rings. The van der Waals surface area contributed by atoms with E-state index in [2.05, 4.69) is 5.32 Å². The van der Waals surface area contributed by atoms with Crippen LogP contribution < -0.4 is 19.5 Å². The molecule has 2 aromatic carbocycles. The van der Waals surface area contributed by atoms with E-state index < -0.39 is 0 Å². The molecule has 6 nitrogen and oxygen atoms in total. The van der Waals surface area contributed by atoms with E-state index in [0.29, 0.717) is 17.2 Å². The lowest BCUT2D eigenvalue weighted by Gasteiger charge is -2.26. The smallest absolute Gasteiger partial charge is 0.322 e. The van der Waals surface area contributed by atoms with Crippen LogP contribution >= 0.6 is 0 Å². The first-order valence-corrected chi connectivity index (χ1v) is 8.60. The van der Waals surface area contributed by atoms with Crippen molar-refractivity contribution in [3.63, 3.8) is 0 Å². The lowest BCUT2D eigenvalue weighted by atomic mass is 10.0. The van der Waals surface area contributed by atoms with Gasteiger partial charge in [0.1, 0.15) is 17.2 Å². The molecule has 0 spiro atoms. The quantitative estimate of drug-likeness (QED) is 0.877. The minimum Gasteiger partial charge on any atom is -0.497 e. The van der Waals surface area contributed by atoms with Crippen molar-refractivity contribution < 1.29 is 19.0 Å². The fourth-order valence-electron chi connectivity index (χ4n) is 3.28. The van der Waals surface area contributed by atoms with Gasteiger partial charge in [0.25, 0.3) is 0 Å². The summed E-state index contributed by atoms with van der Waals surface area (Å²) in [6.45, 7) is 0.717. The van der Waals surface area contributed by atoms with E-state index in [-0.39, 0.29) is 12.1 Å². The average Bonchev–Trinajstić information content (AvgIpc) is 3.18. The molecule has 1 atom stereocenters. The predicted molar refractivity (Wildman–Crippen MR) is 100 cm³/mol. The molecule has 0 saturated carbocycles. The minimum absolute atomic E-state index is 0.0532. The molecule has 0 aromatic heterocycles. The summed E-state index contributed by atoms with van der Waals surface area (Å²) in [5.74, 6) is 2.07. The van der Waals surface area contributed by atoms with E-state index in [1.165, 1.54) is 0 Å². The molecule has 26 heavy (non-hydrogen) atoms. The second kappa shape index (κ2) is 7.99. The Labute approximate surface area is 153 Å². The number of carbonyl (C=O) groups excluding carboxylic acids is 1. The highest BCUT2D eigenvalue weighted by atomic mass is 16.5. The molecule has 138 valence electrons. The van der Waals surface area contributed by atoms with Gasteiger partial charge in [-0.2, -0.15) is 0 Å². The molecule has 0 aliphatic carbocycles. The molecular formula is C20H24N2O4. The number of likely N-dealkylation sites (tertiary alicyclic amines) is 1. The third-order valence-electron chi connectivity index (χ3n) is 4.66. The second-order valence-electron chi connectivity index (χ2n) is 6.12. The number of ether oxygens (including phenoxy) is 3. The topological polar surface area (TPSA) is 60.0 Å². The van der Waals surface area contributed by atoms with Crippen LogP contribution in [0.2, 0.25) is 0 Å². The van der Waals surface area contributed by atoms with E-state index in [4.69, 9.17) is 14.2 Å². The Morgan fingerprint density at radius 3 is 2.35 bits per heavy atom. The van der Waals surface area contributed by atoms with Gasteiger partial charge in [0.15, 0.2) is 0 Å². The number of hydrogen-bond donors (Lipinski definition) is 1. The third-order valence-corrected chi connectivity index (χ3v) is 4.66. The Hall–Kier alpha value is -2.89. The van der Waals surface area contributed by atoms with Gasteiger partial charge < -0.3 is 24.4 Å². The molecule has 0 radical (unpaired) electrons. The number of benzene rings is 2. The van der Waals surface area contributed by atoms with E-state index in [1.807, 2.05) is 29.2 Å². The van der Waals surface area contributed by atoms with Gasteiger partial charge in [-0.1, -0.05) is 12.1 Å².